The third kappa shape index (κ3) is 1.98. The van der Waals surface area contributed by atoms with Gasteiger partial charge in [0.15, 0.2) is 12.6 Å². The van der Waals surface area contributed by atoms with E-state index in [9.17, 15) is 10.1 Å². The van der Waals surface area contributed by atoms with Crippen molar-refractivity contribution in [2.75, 3.05) is 25.7 Å². The second-order valence-corrected chi connectivity index (χ2v) is 4.91. The molecule has 0 aliphatic rings. The maximum atomic E-state index is 11.0. The quantitative estimate of drug-likeness (QED) is 0.645. The summed E-state index contributed by atoms with van der Waals surface area (Å²) in [6.45, 7) is 0. The van der Waals surface area contributed by atoms with Crippen LogP contribution in [0.15, 0.2) is 0 Å². The Kier molecular flexibility index (Phi) is 3.85. The molecular weight excluding hydrogens is 280 g/mol. The Morgan fingerprint density at radius 2 is 2.05 bits per heavy atom. The van der Waals surface area contributed by atoms with E-state index in [0.717, 1.165) is 11.3 Å². The van der Waals surface area contributed by atoms with Gasteiger partial charge in [0.1, 0.15) is 22.3 Å². The third-order valence-corrected chi connectivity index (χ3v) is 3.88. The Balaban J connectivity index is 2.95. The monoisotopic (exact) mass is 292 g/mol. The molecule has 0 aliphatic heterocycles. The number of nitriles is 1. The molecule has 0 unspecified atom stereocenters. The van der Waals surface area contributed by atoms with E-state index in [1.807, 2.05) is 6.07 Å². The molecule has 0 saturated heterocycles. The maximum Gasteiger partial charge on any atom is 0.185 e. The van der Waals surface area contributed by atoms with Crippen LogP contribution in [0.4, 0.5) is 11.5 Å². The smallest absolute Gasteiger partial charge is 0.185 e. The topological polar surface area (TPSA) is 124 Å². The average molecular weight is 292 g/mol. The SMILES string of the molecule is COC(OC)c1c(C#N)c(N)nc2sc(C=O)c(N)c12. The second kappa shape index (κ2) is 5.42. The van der Waals surface area contributed by atoms with Crippen LogP contribution in [0.2, 0.25) is 0 Å². The highest BCUT2D eigenvalue weighted by atomic mass is 32.1. The normalized spacial score (nSPS) is 10.9. The Bertz CT molecular complexity index is 716. The predicted octanol–water partition coefficient (Wildman–Crippen LogP) is 1.44. The van der Waals surface area contributed by atoms with Gasteiger partial charge in [0, 0.05) is 25.2 Å². The number of aldehydes is 1. The van der Waals surface area contributed by atoms with Crippen molar-refractivity contribution < 1.29 is 14.3 Å². The molecule has 0 spiro atoms. The van der Waals surface area contributed by atoms with Gasteiger partial charge in [0.05, 0.1) is 10.6 Å². The number of rotatable bonds is 4. The molecule has 2 aromatic heterocycles. The van der Waals surface area contributed by atoms with Crippen molar-refractivity contribution in [2.45, 2.75) is 6.29 Å². The number of methoxy groups -OCH3 is 2. The number of hydrogen-bond donors (Lipinski definition) is 2. The number of nitrogens with two attached hydrogens (primary N) is 2. The van der Waals surface area contributed by atoms with Gasteiger partial charge in [-0.3, -0.25) is 4.79 Å². The highest BCUT2D eigenvalue weighted by molar-refractivity contribution is 7.20. The Hall–Kier alpha value is -2.21. The fraction of sp³-hybridized carbons (Fsp3) is 0.250. The molecule has 0 fully saturated rings. The second-order valence-electron chi connectivity index (χ2n) is 3.88. The zero-order valence-corrected chi connectivity index (χ0v) is 11.7. The first kappa shape index (κ1) is 14.2. The number of aromatic nitrogens is 1. The van der Waals surface area contributed by atoms with Crippen LogP contribution >= 0.6 is 11.3 Å². The number of anilines is 2. The van der Waals surface area contributed by atoms with Crippen LogP contribution < -0.4 is 11.5 Å². The van der Waals surface area contributed by atoms with Crippen molar-refractivity contribution in [3.8, 4) is 6.07 Å². The van der Waals surface area contributed by atoms with Crippen molar-refractivity contribution in [2.24, 2.45) is 0 Å². The molecular formula is C12H12N4O3S. The van der Waals surface area contributed by atoms with Crippen molar-refractivity contribution in [3.05, 3.63) is 16.0 Å². The molecule has 0 saturated carbocycles. The zero-order chi connectivity index (χ0) is 14.9. The van der Waals surface area contributed by atoms with Gasteiger partial charge in [-0.2, -0.15) is 5.26 Å². The molecule has 0 radical (unpaired) electrons. The molecule has 0 aliphatic carbocycles. The van der Waals surface area contributed by atoms with Crippen LogP contribution in [-0.4, -0.2) is 25.5 Å². The lowest BCUT2D eigenvalue weighted by atomic mass is 10.0. The molecule has 0 atom stereocenters. The first-order chi connectivity index (χ1) is 9.58. The van der Waals surface area contributed by atoms with Crippen molar-refractivity contribution in [1.29, 1.82) is 5.26 Å². The van der Waals surface area contributed by atoms with E-state index < -0.39 is 6.29 Å². The fourth-order valence-electron chi connectivity index (χ4n) is 1.99. The number of nitrogen functional groups attached to an aromatic ring is 2. The van der Waals surface area contributed by atoms with Crippen LogP contribution in [0.1, 0.15) is 27.1 Å². The van der Waals surface area contributed by atoms with Crippen LogP contribution in [-0.2, 0) is 9.47 Å². The molecule has 0 bridgehead atoms. The standard InChI is InChI=1S/C12H12N4O3S/c1-18-12(19-2)7-5(3-13)10(15)16-11-8(7)9(14)6(4-17)20-11/h4,12H,14H2,1-2H3,(H2,15,16). The number of nitrogens with zero attached hydrogens (tertiary/aromatic N) is 2. The summed E-state index contributed by atoms with van der Waals surface area (Å²) in [5.41, 5.74) is 12.5. The summed E-state index contributed by atoms with van der Waals surface area (Å²) in [5, 5.41) is 9.73. The van der Waals surface area contributed by atoms with Crippen LogP contribution in [0.25, 0.3) is 10.2 Å². The van der Waals surface area contributed by atoms with E-state index in [1.54, 1.807) is 0 Å². The fourth-order valence-corrected chi connectivity index (χ4v) is 2.92. The largest absolute Gasteiger partial charge is 0.397 e. The number of hydrogen-bond acceptors (Lipinski definition) is 8. The van der Waals surface area contributed by atoms with E-state index in [4.69, 9.17) is 20.9 Å². The van der Waals surface area contributed by atoms with Gasteiger partial charge in [0.2, 0.25) is 0 Å². The molecule has 8 heteroatoms. The number of carbonyl (C=O) groups is 1. The summed E-state index contributed by atoms with van der Waals surface area (Å²) < 4.78 is 10.4. The van der Waals surface area contributed by atoms with E-state index in [2.05, 4.69) is 4.98 Å². The Morgan fingerprint density at radius 1 is 1.40 bits per heavy atom. The van der Waals surface area contributed by atoms with Crippen LogP contribution in [0.3, 0.4) is 0 Å². The molecule has 2 aromatic rings. The van der Waals surface area contributed by atoms with Gasteiger partial charge >= 0.3 is 0 Å². The average Bonchev–Trinajstić information content (AvgIpc) is 2.76. The lowest BCUT2D eigenvalue weighted by molar-refractivity contribution is -0.105. The lowest BCUT2D eigenvalue weighted by Crippen LogP contribution is -2.10. The summed E-state index contributed by atoms with van der Waals surface area (Å²) in [7, 11) is 2.86. The van der Waals surface area contributed by atoms with Gasteiger partial charge in [-0.05, 0) is 0 Å². The minimum absolute atomic E-state index is 0.0489. The van der Waals surface area contributed by atoms with Gasteiger partial charge in [-0.25, -0.2) is 4.98 Å². The van der Waals surface area contributed by atoms with E-state index in [-0.39, 0.29) is 17.1 Å². The predicted molar refractivity (Wildman–Crippen MR) is 75.3 cm³/mol. The van der Waals surface area contributed by atoms with E-state index in [0.29, 0.717) is 26.9 Å². The highest BCUT2D eigenvalue weighted by Crippen LogP contribution is 2.40. The van der Waals surface area contributed by atoms with Gasteiger partial charge < -0.3 is 20.9 Å². The van der Waals surface area contributed by atoms with Gasteiger partial charge in [0.25, 0.3) is 0 Å². The summed E-state index contributed by atoms with van der Waals surface area (Å²) in [5.74, 6) is 0.0489. The van der Waals surface area contributed by atoms with Crippen LogP contribution in [0, 0.1) is 11.3 Å². The molecule has 2 heterocycles. The summed E-state index contributed by atoms with van der Waals surface area (Å²) >= 11 is 1.11. The minimum Gasteiger partial charge on any atom is -0.397 e. The first-order valence-corrected chi connectivity index (χ1v) is 6.32. The Morgan fingerprint density at radius 3 is 2.55 bits per heavy atom. The summed E-state index contributed by atoms with van der Waals surface area (Å²) in [6.07, 6.45) is -0.184. The van der Waals surface area contributed by atoms with Crippen LogP contribution in [0.5, 0.6) is 0 Å². The van der Waals surface area contributed by atoms with Gasteiger partial charge in [-0.1, -0.05) is 0 Å². The number of carbonyl (C=O) groups excluding carboxylic acids is 1. The number of pyridine rings is 1. The van der Waals surface area contributed by atoms with Crippen molar-refractivity contribution >= 4 is 39.3 Å². The molecule has 0 aromatic carbocycles. The number of ether oxygens (including phenoxy) is 2. The summed E-state index contributed by atoms with van der Waals surface area (Å²) in [4.78, 5) is 15.9. The lowest BCUT2D eigenvalue weighted by Gasteiger charge is -2.17. The first-order valence-electron chi connectivity index (χ1n) is 5.51. The van der Waals surface area contributed by atoms with Gasteiger partial charge in [-0.15, -0.1) is 11.3 Å². The number of fused-ring (bicyclic) bond motifs is 1. The Labute approximate surface area is 118 Å². The molecule has 20 heavy (non-hydrogen) atoms. The van der Waals surface area contributed by atoms with E-state index >= 15 is 0 Å². The van der Waals surface area contributed by atoms with E-state index in [1.165, 1.54) is 14.2 Å². The number of thiophene rings is 1. The molecule has 7 nitrogen and oxygen atoms in total. The third-order valence-electron chi connectivity index (χ3n) is 2.85. The molecule has 2 rings (SSSR count). The molecule has 0 amide bonds. The molecule has 4 N–H and O–H groups in total. The maximum absolute atomic E-state index is 11.0. The zero-order valence-electron chi connectivity index (χ0n) is 10.8. The minimum atomic E-state index is -0.825. The molecule has 104 valence electrons. The van der Waals surface area contributed by atoms with Crippen molar-refractivity contribution in [3.63, 3.8) is 0 Å². The van der Waals surface area contributed by atoms with Crippen molar-refractivity contribution in [1.82, 2.24) is 4.98 Å². The summed E-state index contributed by atoms with van der Waals surface area (Å²) in [6, 6.07) is 1.97. The highest BCUT2D eigenvalue weighted by Gasteiger charge is 2.25.